The highest BCUT2D eigenvalue weighted by molar-refractivity contribution is 7.13. The topological polar surface area (TPSA) is 29.0 Å². The van der Waals surface area contributed by atoms with E-state index in [0.717, 1.165) is 55.6 Å². The summed E-state index contributed by atoms with van der Waals surface area (Å²) in [4.78, 5) is 13.2. The number of anilines is 3. The summed E-state index contributed by atoms with van der Waals surface area (Å²) in [6.45, 7) is 0. The lowest BCUT2D eigenvalue weighted by molar-refractivity contribution is 1.28. The quantitative estimate of drug-likeness (QED) is 0.218. The van der Waals surface area contributed by atoms with Crippen LogP contribution in [0, 0.1) is 0 Å². The van der Waals surface area contributed by atoms with Gasteiger partial charge in [-0.05, 0) is 65.5 Å². The normalized spacial score (nSPS) is 11.2. The highest BCUT2D eigenvalue weighted by Crippen LogP contribution is 2.36. The van der Waals surface area contributed by atoms with E-state index < -0.39 is 0 Å². The number of hydrogen-bond donors (Lipinski definition) is 0. The minimum absolute atomic E-state index is 0.930. The second-order valence-electron chi connectivity index (χ2n) is 9.19. The number of fused-ring (bicyclic) bond motifs is 3. The van der Waals surface area contributed by atoms with Gasteiger partial charge in [-0.1, -0.05) is 66.7 Å². The molecule has 0 amide bonds. The third kappa shape index (κ3) is 4.11. The van der Waals surface area contributed by atoms with Crippen LogP contribution in [0.1, 0.15) is 0 Å². The smallest absolute Gasteiger partial charge is 0.0965 e. The second-order valence-corrected chi connectivity index (χ2v) is 10.1. The maximum Gasteiger partial charge on any atom is 0.0965 e. The molecular weight excluding hydrogens is 482 g/mol. The Morgan fingerprint density at radius 2 is 1.03 bits per heavy atom. The molecule has 0 spiro atoms. The first-order valence-corrected chi connectivity index (χ1v) is 13.4. The van der Waals surface area contributed by atoms with Gasteiger partial charge in [-0.15, -0.1) is 11.3 Å². The zero-order chi connectivity index (χ0) is 25.3. The van der Waals surface area contributed by atoms with Crippen molar-refractivity contribution in [1.82, 2.24) is 9.97 Å². The van der Waals surface area contributed by atoms with Crippen LogP contribution >= 0.6 is 11.3 Å². The van der Waals surface area contributed by atoms with Gasteiger partial charge in [-0.3, -0.25) is 9.97 Å². The molecule has 0 atom stereocenters. The van der Waals surface area contributed by atoms with E-state index in [1.54, 1.807) is 11.3 Å². The Bertz CT molecular complexity index is 1810. The molecule has 4 aromatic carbocycles. The van der Waals surface area contributed by atoms with Gasteiger partial charge in [0.15, 0.2) is 0 Å². The van der Waals surface area contributed by atoms with Gasteiger partial charge in [0, 0.05) is 56.2 Å². The van der Waals surface area contributed by atoms with Crippen LogP contribution in [0.15, 0.2) is 139 Å². The minimum atomic E-state index is 0.930. The molecule has 7 aromatic rings. The van der Waals surface area contributed by atoms with Crippen molar-refractivity contribution in [3.05, 3.63) is 139 Å². The van der Waals surface area contributed by atoms with Gasteiger partial charge in [0.1, 0.15) is 0 Å². The molecule has 0 saturated heterocycles. The van der Waals surface area contributed by atoms with E-state index in [1.165, 1.54) is 4.88 Å². The summed E-state index contributed by atoms with van der Waals surface area (Å²) >= 11 is 1.73. The molecule has 0 aliphatic rings. The maximum atomic E-state index is 4.86. The fourth-order valence-electron chi connectivity index (χ4n) is 4.93. The van der Waals surface area contributed by atoms with E-state index in [9.17, 15) is 0 Å². The molecule has 3 nitrogen and oxygen atoms in total. The molecule has 4 heteroatoms. The molecule has 0 fully saturated rings. The fraction of sp³-hybridized carbons (Fsp3) is 0. The molecule has 38 heavy (non-hydrogen) atoms. The predicted molar refractivity (Wildman–Crippen MR) is 160 cm³/mol. The zero-order valence-electron chi connectivity index (χ0n) is 20.5. The van der Waals surface area contributed by atoms with Crippen molar-refractivity contribution in [3.63, 3.8) is 0 Å². The molecule has 0 unspecified atom stereocenters. The maximum absolute atomic E-state index is 4.86. The van der Waals surface area contributed by atoms with Crippen molar-refractivity contribution in [2.24, 2.45) is 0 Å². The van der Waals surface area contributed by atoms with Gasteiger partial charge in [-0.25, -0.2) is 0 Å². The van der Waals surface area contributed by atoms with Crippen molar-refractivity contribution < 1.29 is 0 Å². The molecule has 0 saturated carbocycles. The number of para-hydroxylation sites is 2. The van der Waals surface area contributed by atoms with Crippen LogP contribution in [0.5, 0.6) is 0 Å². The number of nitrogens with zero attached hydrogens (tertiary/aromatic N) is 3. The van der Waals surface area contributed by atoms with Gasteiger partial charge in [-0.2, -0.15) is 0 Å². The van der Waals surface area contributed by atoms with E-state index in [2.05, 4.69) is 119 Å². The molecule has 180 valence electrons. The van der Waals surface area contributed by atoms with Crippen molar-refractivity contribution in [3.8, 4) is 21.6 Å². The SMILES string of the molecule is c1ccc(N(c2ccccc2)c2ccc(-c3cnc4c(ccc5cc(-c6cccs6)cnc54)c3)cc2)cc1. The number of hydrogen-bond acceptors (Lipinski definition) is 4. The Balaban J connectivity index is 1.24. The summed E-state index contributed by atoms with van der Waals surface area (Å²) in [6, 6.07) is 42.5. The number of rotatable bonds is 5. The zero-order valence-corrected chi connectivity index (χ0v) is 21.3. The van der Waals surface area contributed by atoms with E-state index in [0.29, 0.717) is 0 Å². The van der Waals surface area contributed by atoms with Crippen molar-refractivity contribution in [2.75, 3.05) is 4.90 Å². The molecule has 0 bridgehead atoms. The summed E-state index contributed by atoms with van der Waals surface area (Å²) in [5.41, 5.74) is 8.59. The Morgan fingerprint density at radius 3 is 1.61 bits per heavy atom. The fourth-order valence-corrected chi connectivity index (χ4v) is 5.64. The van der Waals surface area contributed by atoms with E-state index in [-0.39, 0.29) is 0 Å². The third-order valence-electron chi connectivity index (χ3n) is 6.79. The van der Waals surface area contributed by atoms with Gasteiger partial charge >= 0.3 is 0 Å². The first kappa shape index (κ1) is 22.4. The summed E-state index contributed by atoms with van der Waals surface area (Å²) < 4.78 is 0. The standard InChI is InChI=1S/C34H23N3S/c1-3-8-29(9-4-1)37(30-10-5-2-6-11-30)31-17-15-24(16-18-31)27-20-25-13-14-26-21-28(32-12-7-19-38-32)23-36-34(26)33(25)35-22-27/h1-23H. The van der Waals surface area contributed by atoms with Gasteiger partial charge in [0.25, 0.3) is 0 Å². The molecular formula is C34H23N3S. The molecule has 0 aliphatic carbocycles. The Hall–Kier alpha value is -4.80. The van der Waals surface area contributed by atoms with Crippen LogP contribution in [0.4, 0.5) is 17.1 Å². The van der Waals surface area contributed by atoms with E-state index >= 15 is 0 Å². The van der Waals surface area contributed by atoms with Gasteiger partial charge in [0.05, 0.1) is 11.0 Å². The van der Waals surface area contributed by atoms with Gasteiger partial charge < -0.3 is 4.90 Å². The first-order valence-electron chi connectivity index (χ1n) is 12.6. The molecule has 0 aliphatic heterocycles. The molecule has 7 rings (SSSR count). The average Bonchev–Trinajstić information content (AvgIpc) is 3.54. The predicted octanol–water partition coefficient (Wildman–Crippen LogP) is 9.65. The number of aromatic nitrogens is 2. The van der Waals surface area contributed by atoms with Crippen LogP contribution in [0.2, 0.25) is 0 Å². The van der Waals surface area contributed by atoms with Crippen LogP contribution in [-0.2, 0) is 0 Å². The van der Waals surface area contributed by atoms with Crippen molar-refractivity contribution in [2.45, 2.75) is 0 Å². The van der Waals surface area contributed by atoms with Crippen LogP contribution < -0.4 is 4.90 Å². The number of thiophene rings is 1. The van der Waals surface area contributed by atoms with Crippen molar-refractivity contribution >= 4 is 50.2 Å². The van der Waals surface area contributed by atoms with Crippen LogP contribution in [0.3, 0.4) is 0 Å². The second kappa shape index (κ2) is 9.58. The monoisotopic (exact) mass is 505 g/mol. The number of pyridine rings is 2. The molecule has 0 radical (unpaired) electrons. The first-order chi connectivity index (χ1) is 18.8. The largest absolute Gasteiger partial charge is 0.311 e. The van der Waals surface area contributed by atoms with Crippen LogP contribution in [-0.4, -0.2) is 9.97 Å². The van der Waals surface area contributed by atoms with E-state index in [4.69, 9.17) is 9.97 Å². The highest BCUT2D eigenvalue weighted by Gasteiger charge is 2.13. The lowest BCUT2D eigenvalue weighted by Gasteiger charge is -2.25. The lowest BCUT2D eigenvalue weighted by Crippen LogP contribution is -2.09. The van der Waals surface area contributed by atoms with Gasteiger partial charge in [0.2, 0.25) is 0 Å². The number of benzene rings is 4. The lowest BCUT2D eigenvalue weighted by atomic mass is 10.0. The third-order valence-corrected chi connectivity index (χ3v) is 7.71. The molecule has 3 heterocycles. The van der Waals surface area contributed by atoms with Crippen molar-refractivity contribution in [1.29, 1.82) is 0 Å². The summed E-state index contributed by atoms with van der Waals surface area (Å²) in [5.74, 6) is 0. The Morgan fingerprint density at radius 1 is 0.474 bits per heavy atom. The van der Waals surface area contributed by atoms with Crippen LogP contribution in [0.25, 0.3) is 43.4 Å². The molecule has 3 aromatic heterocycles. The Labute approximate surface area is 225 Å². The highest BCUT2D eigenvalue weighted by atomic mass is 32.1. The average molecular weight is 506 g/mol. The summed E-state index contributed by atoms with van der Waals surface area (Å²) in [5, 5.41) is 4.29. The summed E-state index contributed by atoms with van der Waals surface area (Å²) in [6.07, 6.45) is 3.91. The minimum Gasteiger partial charge on any atom is -0.311 e. The molecule has 0 N–H and O–H groups in total. The Kier molecular flexibility index (Phi) is 5.65. The summed E-state index contributed by atoms with van der Waals surface area (Å²) in [7, 11) is 0. The van der Waals surface area contributed by atoms with E-state index in [1.807, 2.05) is 24.5 Å².